The highest BCUT2D eigenvalue weighted by molar-refractivity contribution is 5.53. The van der Waals surface area contributed by atoms with Gasteiger partial charge in [-0.05, 0) is 55.2 Å². The van der Waals surface area contributed by atoms with Crippen LogP contribution in [-0.2, 0) is 4.74 Å². The molecule has 0 aliphatic heterocycles. The molecule has 0 heterocycles. The summed E-state index contributed by atoms with van der Waals surface area (Å²) in [6.45, 7) is 0.922. The van der Waals surface area contributed by atoms with Gasteiger partial charge in [-0.3, -0.25) is 0 Å². The molecule has 0 radical (unpaired) electrons. The molecule has 0 atom stereocenters. The van der Waals surface area contributed by atoms with Gasteiger partial charge in [0.15, 0.2) is 0 Å². The van der Waals surface area contributed by atoms with E-state index in [0.717, 1.165) is 42.9 Å². The minimum Gasteiger partial charge on any atom is -0.497 e. The molecule has 2 rings (SSSR count). The van der Waals surface area contributed by atoms with Crippen LogP contribution in [0.2, 0.25) is 0 Å². The lowest BCUT2D eigenvalue weighted by Gasteiger charge is -2.15. The summed E-state index contributed by atoms with van der Waals surface area (Å²) in [5.41, 5.74) is 3.59. The molecule has 0 bridgehead atoms. The molecule has 0 unspecified atom stereocenters. The molecule has 0 saturated carbocycles. The molecular formula is C16H22N2O. The van der Waals surface area contributed by atoms with Crippen molar-refractivity contribution in [3.8, 4) is 0 Å². The van der Waals surface area contributed by atoms with Gasteiger partial charge in [0.05, 0.1) is 7.11 Å². The number of hydrogen-bond acceptors (Lipinski definition) is 3. The lowest BCUT2D eigenvalue weighted by molar-refractivity contribution is 0.295. The second kappa shape index (κ2) is 6.88. The van der Waals surface area contributed by atoms with Crippen molar-refractivity contribution in [1.29, 1.82) is 0 Å². The lowest BCUT2D eigenvalue weighted by atomic mass is 10.0. The highest BCUT2D eigenvalue weighted by Crippen LogP contribution is 2.22. The molecule has 1 aliphatic rings. The van der Waals surface area contributed by atoms with Crippen molar-refractivity contribution in [2.24, 2.45) is 0 Å². The van der Waals surface area contributed by atoms with Gasteiger partial charge in [-0.1, -0.05) is 6.08 Å². The van der Waals surface area contributed by atoms with Crippen molar-refractivity contribution in [3.63, 3.8) is 0 Å². The quantitative estimate of drug-likeness (QED) is 0.814. The van der Waals surface area contributed by atoms with Crippen LogP contribution in [-0.4, -0.2) is 20.7 Å². The van der Waals surface area contributed by atoms with E-state index in [1.165, 1.54) is 5.57 Å². The minimum absolute atomic E-state index is 0.922. The summed E-state index contributed by atoms with van der Waals surface area (Å²) >= 11 is 0. The van der Waals surface area contributed by atoms with E-state index in [1.807, 2.05) is 7.05 Å². The van der Waals surface area contributed by atoms with Gasteiger partial charge >= 0.3 is 0 Å². The van der Waals surface area contributed by atoms with Crippen LogP contribution in [0.4, 0.5) is 11.4 Å². The number of nitrogens with one attached hydrogen (secondary N) is 2. The molecule has 1 aromatic carbocycles. The first-order valence-corrected chi connectivity index (χ1v) is 6.78. The standard InChI is InChI=1S/C16H22N2O/c1-17-14-7-9-15(10-8-14)18-12-11-13-5-3-4-6-16(13)19-2/h5-10,17-18H,3-4,11-12H2,1-2H3. The Morgan fingerprint density at radius 2 is 1.74 bits per heavy atom. The summed E-state index contributed by atoms with van der Waals surface area (Å²) in [6.07, 6.45) is 7.67. The van der Waals surface area contributed by atoms with Crippen molar-refractivity contribution < 1.29 is 4.74 Å². The molecule has 0 saturated heterocycles. The number of methoxy groups -OCH3 is 1. The van der Waals surface area contributed by atoms with Crippen molar-refractivity contribution >= 4 is 11.4 Å². The summed E-state index contributed by atoms with van der Waals surface area (Å²) in [5.74, 6) is 1.04. The third-order valence-corrected chi connectivity index (χ3v) is 3.32. The molecule has 19 heavy (non-hydrogen) atoms. The van der Waals surface area contributed by atoms with E-state index < -0.39 is 0 Å². The highest BCUT2D eigenvalue weighted by Gasteiger charge is 2.08. The van der Waals surface area contributed by atoms with Gasteiger partial charge in [0.25, 0.3) is 0 Å². The molecule has 0 spiro atoms. The average Bonchev–Trinajstić information content (AvgIpc) is 2.48. The summed E-state index contributed by atoms with van der Waals surface area (Å²) in [5, 5.41) is 6.55. The largest absolute Gasteiger partial charge is 0.497 e. The first kappa shape index (κ1) is 13.5. The summed E-state index contributed by atoms with van der Waals surface area (Å²) in [4.78, 5) is 0. The van der Waals surface area contributed by atoms with Crippen molar-refractivity contribution in [2.75, 3.05) is 31.3 Å². The topological polar surface area (TPSA) is 33.3 Å². The van der Waals surface area contributed by atoms with E-state index in [1.54, 1.807) is 7.11 Å². The smallest absolute Gasteiger partial charge is 0.117 e. The van der Waals surface area contributed by atoms with E-state index >= 15 is 0 Å². The number of allylic oxidation sites excluding steroid dienone is 3. The van der Waals surface area contributed by atoms with Crippen molar-refractivity contribution in [3.05, 3.63) is 47.7 Å². The van der Waals surface area contributed by atoms with Crippen LogP contribution in [0.25, 0.3) is 0 Å². The van der Waals surface area contributed by atoms with Crippen LogP contribution >= 0.6 is 0 Å². The third kappa shape index (κ3) is 3.78. The normalized spacial score (nSPS) is 14.4. The van der Waals surface area contributed by atoms with Crippen LogP contribution in [0, 0.1) is 0 Å². The number of anilines is 2. The predicted molar refractivity (Wildman–Crippen MR) is 81.5 cm³/mol. The molecule has 102 valence electrons. The average molecular weight is 258 g/mol. The molecule has 3 nitrogen and oxygen atoms in total. The Hall–Kier alpha value is -1.90. The fourth-order valence-electron chi connectivity index (χ4n) is 2.24. The zero-order chi connectivity index (χ0) is 13.5. The van der Waals surface area contributed by atoms with E-state index in [-0.39, 0.29) is 0 Å². The second-order valence-corrected chi connectivity index (χ2v) is 4.58. The number of ether oxygens (including phenoxy) is 1. The van der Waals surface area contributed by atoms with Gasteiger partial charge in [0.2, 0.25) is 0 Å². The number of hydrogen-bond donors (Lipinski definition) is 2. The predicted octanol–water partition coefficient (Wildman–Crippen LogP) is 3.78. The zero-order valence-corrected chi connectivity index (χ0v) is 11.7. The van der Waals surface area contributed by atoms with Gasteiger partial charge < -0.3 is 15.4 Å². The van der Waals surface area contributed by atoms with Gasteiger partial charge in [0, 0.05) is 25.0 Å². The fourth-order valence-corrected chi connectivity index (χ4v) is 2.24. The Labute approximate surface area is 115 Å². The molecule has 2 N–H and O–H groups in total. The maximum absolute atomic E-state index is 5.39. The molecule has 0 aromatic heterocycles. The SMILES string of the molecule is CNc1ccc(NCCC2=CCCC=C2OC)cc1. The number of benzene rings is 1. The molecule has 1 aromatic rings. The van der Waals surface area contributed by atoms with Crippen LogP contribution < -0.4 is 10.6 Å². The summed E-state index contributed by atoms with van der Waals surface area (Å²) in [6, 6.07) is 8.33. The van der Waals surface area contributed by atoms with E-state index in [9.17, 15) is 0 Å². The van der Waals surface area contributed by atoms with E-state index in [4.69, 9.17) is 4.74 Å². The monoisotopic (exact) mass is 258 g/mol. The van der Waals surface area contributed by atoms with Crippen molar-refractivity contribution in [1.82, 2.24) is 0 Å². The minimum atomic E-state index is 0.922. The highest BCUT2D eigenvalue weighted by atomic mass is 16.5. The molecule has 0 amide bonds. The summed E-state index contributed by atoms with van der Waals surface area (Å²) < 4.78 is 5.39. The van der Waals surface area contributed by atoms with E-state index in [2.05, 4.69) is 47.1 Å². The Bertz CT molecular complexity index is 460. The fraction of sp³-hybridized carbons (Fsp3) is 0.375. The Kier molecular flexibility index (Phi) is 4.90. The number of rotatable bonds is 6. The van der Waals surface area contributed by atoms with Crippen molar-refractivity contribution in [2.45, 2.75) is 19.3 Å². The van der Waals surface area contributed by atoms with Gasteiger partial charge in [-0.25, -0.2) is 0 Å². The van der Waals surface area contributed by atoms with Crippen LogP contribution in [0.15, 0.2) is 47.7 Å². The molecule has 0 fully saturated rings. The van der Waals surface area contributed by atoms with Gasteiger partial charge in [-0.2, -0.15) is 0 Å². The van der Waals surface area contributed by atoms with Gasteiger partial charge in [-0.15, -0.1) is 0 Å². The lowest BCUT2D eigenvalue weighted by Crippen LogP contribution is -2.06. The second-order valence-electron chi connectivity index (χ2n) is 4.58. The summed E-state index contributed by atoms with van der Waals surface area (Å²) in [7, 11) is 3.67. The van der Waals surface area contributed by atoms with Crippen LogP contribution in [0.1, 0.15) is 19.3 Å². The first-order chi connectivity index (χ1) is 9.33. The molecular weight excluding hydrogens is 236 g/mol. The maximum atomic E-state index is 5.39. The van der Waals surface area contributed by atoms with Crippen LogP contribution in [0.3, 0.4) is 0 Å². The Balaban J connectivity index is 1.82. The zero-order valence-electron chi connectivity index (χ0n) is 11.7. The first-order valence-electron chi connectivity index (χ1n) is 6.78. The van der Waals surface area contributed by atoms with Gasteiger partial charge in [0.1, 0.15) is 5.76 Å². The maximum Gasteiger partial charge on any atom is 0.117 e. The van der Waals surface area contributed by atoms with E-state index in [0.29, 0.717) is 0 Å². The third-order valence-electron chi connectivity index (χ3n) is 3.32. The van der Waals surface area contributed by atoms with Crippen LogP contribution in [0.5, 0.6) is 0 Å². The molecule has 1 aliphatic carbocycles. The Morgan fingerprint density at radius 1 is 1.05 bits per heavy atom. The Morgan fingerprint density at radius 3 is 2.42 bits per heavy atom. The molecule has 3 heteroatoms.